The lowest BCUT2D eigenvalue weighted by Crippen LogP contribution is -2.26. The zero-order chi connectivity index (χ0) is 22.5. The van der Waals surface area contributed by atoms with E-state index >= 15 is 0 Å². The fraction of sp³-hybridized carbons (Fsp3) is 0.167. The van der Waals surface area contributed by atoms with E-state index in [1.807, 2.05) is 0 Å². The second-order valence-electron chi connectivity index (χ2n) is 7.12. The van der Waals surface area contributed by atoms with E-state index in [0.29, 0.717) is 27.9 Å². The molecule has 31 heavy (non-hydrogen) atoms. The maximum atomic E-state index is 13.3. The van der Waals surface area contributed by atoms with Crippen molar-refractivity contribution < 1.29 is 19.1 Å². The van der Waals surface area contributed by atoms with Crippen LogP contribution in [0.15, 0.2) is 54.6 Å². The van der Waals surface area contributed by atoms with E-state index in [0.717, 1.165) is 11.3 Å². The number of aliphatic hydroxyl groups is 1. The van der Waals surface area contributed by atoms with Crippen molar-refractivity contribution in [3.63, 3.8) is 0 Å². The summed E-state index contributed by atoms with van der Waals surface area (Å²) < 4.78 is 13.3. The number of hydrogen-bond donors (Lipinski definition) is 3. The summed E-state index contributed by atoms with van der Waals surface area (Å²) in [4.78, 5) is 25.3. The normalized spacial score (nSPS) is 10.6. The molecule has 0 saturated heterocycles. The van der Waals surface area contributed by atoms with Gasteiger partial charge < -0.3 is 15.7 Å². The molecule has 0 aliphatic rings. The average Bonchev–Trinajstić information content (AvgIpc) is 2.74. The number of aliphatic hydroxyl groups excluding tert-OH is 1. The topological polar surface area (TPSA) is 78.4 Å². The van der Waals surface area contributed by atoms with E-state index < -0.39 is 0 Å². The summed E-state index contributed by atoms with van der Waals surface area (Å²) in [5.41, 5.74) is 3.84. The number of nitrogens with one attached hydrogen (secondary N) is 2. The SMILES string of the molecule is Cc1cc(F)ccc1Nc1ccc(C(=O)c2cc(C(=O)NCCO)ccc2C)c(Cl)c1. The van der Waals surface area contributed by atoms with E-state index in [2.05, 4.69) is 10.6 Å². The molecule has 3 aromatic carbocycles. The van der Waals surface area contributed by atoms with Crippen LogP contribution < -0.4 is 10.6 Å². The van der Waals surface area contributed by atoms with Gasteiger partial charge in [-0.25, -0.2) is 4.39 Å². The van der Waals surface area contributed by atoms with Crippen molar-refractivity contribution in [2.24, 2.45) is 0 Å². The Kier molecular flexibility index (Phi) is 7.05. The van der Waals surface area contributed by atoms with Gasteiger partial charge in [0.05, 0.1) is 11.6 Å². The number of amides is 1. The monoisotopic (exact) mass is 440 g/mol. The molecule has 5 nitrogen and oxygen atoms in total. The predicted octanol–water partition coefficient (Wildman–Crippen LogP) is 4.79. The molecule has 0 fully saturated rings. The average molecular weight is 441 g/mol. The quantitative estimate of drug-likeness (QED) is 0.461. The number of anilines is 2. The molecule has 3 N–H and O–H groups in total. The maximum Gasteiger partial charge on any atom is 0.251 e. The van der Waals surface area contributed by atoms with Gasteiger partial charge in [0.25, 0.3) is 5.91 Å². The van der Waals surface area contributed by atoms with Crippen LogP contribution in [0.5, 0.6) is 0 Å². The molecule has 3 rings (SSSR count). The number of carbonyl (C=O) groups is 2. The molecule has 0 atom stereocenters. The first-order valence-corrected chi connectivity index (χ1v) is 10.0. The van der Waals surface area contributed by atoms with Crippen molar-refractivity contribution >= 4 is 34.7 Å². The van der Waals surface area contributed by atoms with Gasteiger partial charge in [-0.1, -0.05) is 17.7 Å². The van der Waals surface area contributed by atoms with E-state index in [-0.39, 0.29) is 35.7 Å². The molecule has 0 saturated carbocycles. The molecule has 1 amide bonds. The first-order chi connectivity index (χ1) is 14.8. The van der Waals surface area contributed by atoms with Crippen LogP contribution in [-0.4, -0.2) is 29.9 Å². The molecule has 0 bridgehead atoms. The van der Waals surface area contributed by atoms with Crippen LogP contribution in [0.25, 0.3) is 0 Å². The van der Waals surface area contributed by atoms with Crippen LogP contribution in [0.2, 0.25) is 5.02 Å². The third-order valence-corrected chi connectivity index (χ3v) is 5.14. The van der Waals surface area contributed by atoms with Crippen molar-refractivity contribution in [3.8, 4) is 0 Å². The van der Waals surface area contributed by atoms with Crippen LogP contribution in [0.3, 0.4) is 0 Å². The van der Waals surface area contributed by atoms with Gasteiger partial charge in [-0.3, -0.25) is 9.59 Å². The lowest BCUT2D eigenvalue weighted by Gasteiger charge is -2.13. The summed E-state index contributed by atoms with van der Waals surface area (Å²) in [5.74, 6) is -0.989. The highest BCUT2D eigenvalue weighted by Gasteiger charge is 2.18. The molecule has 3 aromatic rings. The number of carbonyl (C=O) groups excluding carboxylic acids is 2. The fourth-order valence-corrected chi connectivity index (χ4v) is 3.39. The van der Waals surface area contributed by atoms with Gasteiger partial charge in [-0.2, -0.15) is 0 Å². The van der Waals surface area contributed by atoms with Crippen molar-refractivity contribution in [1.29, 1.82) is 0 Å². The number of halogens is 2. The highest BCUT2D eigenvalue weighted by molar-refractivity contribution is 6.35. The molecule has 160 valence electrons. The van der Waals surface area contributed by atoms with Crippen LogP contribution in [-0.2, 0) is 0 Å². The van der Waals surface area contributed by atoms with Gasteiger partial charge >= 0.3 is 0 Å². The smallest absolute Gasteiger partial charge is 0.251 e. The number of rotatable bonds is 7. The molecule has 0 unspecified atom stereocenters. The number of aryl methyl sites for hydroxylation is 2. The molecule has 0 radical (unpaired) electrons. The Hall–Kier alpha value is -3.22. The molecule has 7 heteroatoms. The standard InChI is InChI=1S/C24H22ClFN2O3/c1-14-3-4-16(24(31)27-9-10-29)12-20(14)23(30)19-7-6-18(13-21(19)25)28-22-8-5-17(26)11-15(22)2/h3-8,11-13,28-29H,9-10H2,1-2H3,(H,27,31). The summed E-state index contributed by atoms with van der Waals surface area (Å²) in [6.45, 7) is 3.53. The van der Waals surface area contributed by atoms with Gasteiger partial charge in [0.2, 0.25) is 0 Å². The van der Waals surface area contributed by atoms with E-state index in [4.69, 9.17) is 16.7 Å². The Bertz CT molecular complexity index is 1150. The summed E-state index contributed by atoms with van der Waals surface area (Å²) >= 11 is 6.40. The van der Waals surface area contributed by atoms with Gasteiger partial charge in [0.15, 0.2) is 5.78 Å². The molecule has 0 heterocycles. The highest BCUT2D eigenvalue weighted by atomic mass is 35.5. The van der Waals surface area contributed by atoms with Crippen molar-refractivity contribution in [2.45, 2.75) is 13.8 Å². The van der Waals surface area contributed by atoms with Gasteiger partial charge in [0.1, 0.15) is 5.82 Å². The Morgan fingerprint density at radius 3 is 2.42 bits per heavy atom. The zero-order valence-corrected chi connectivity index (χ0v) is 17.9. The van der Waals surface area contributed by atoms with Crippen LogP contribution in [0, 0.1) is 19.7 Å². The van der Waals surface area contributed by atoms with Gasteiger partial charge in [-0.05, 0) is 73.5 Å². The van der Waals surface area contributed by atoms with E-state index in [1.54, 1.807) is 50.2 Å². The zero-order valence-electron chi connectivity index (χ0n) is 17.1. The molecular formula is C24H22ClFN2O3. The van der Waals surface area contributed by atoms with E-state index in [1.165, 1.54) is 18.2 Å². The summed E-state index contributed by atoms with van der Waals surface area (Å²) in [5, 5.41) is 14.9. The van der Waals surface area contributed by atoms with Crippen molar-refractivity contribution in [3.05, 3.63) is 93.3 Å². The predicted molar refractivity (Wildman–Crippen MR) is 120 cm³/mol. The Labute approximate surface area is 184 Å². The molecule has 0 aliphatic heterocycles. The highest BCUT2D eigenvalue weighted by Crippen LogP contribution is 2.28. The Morgan fingerprint density at radius 2 is 1.74 bits per heavy atom. The van der Waals surface area contributed by atoms with E-state index in [9.17, 15) is 14.0 Å². The lowest BCUT2D eigenvalue weighted by atomic mass is 9.96. The molecule has 0 aliphatic carbocycles. The summed E-state index contributed by atoms with van der Waals surface area (Å²) in [6.07, 6.45) is 0. The van der Waals surface area contributed by atoms with Gasteiger partial charge in [-0.15, -0.1) is 0 Å². The number of hydrogen-bond acceptors (Lipinski definition) is 4. The van der Waals surface area contributed by atoms with Crippen LogP contribution in [0.4, 0.5) is 15.8 Å². The minimum absolute atomic E-state index is 0.129. The number of benzene rings is 3. The summed E-state index contributed by atoms with van der Waals surface area (Å²) in [6, 6.07) is 14.2. The van der Waals surface area contributed by atoms with Crippen LogP contribution >= 0.6 is 11.6 Å². The molecular weight excluding hydrogens is 419 g/mol. The molecule has 0 spiro atoms. The Balaban J connectivity index is 1.86. The fourth-order valence-electron chi connectivity index (χ4n) is 3.12. The first kappa shape index (κ1) is 22.5. The van der Waals surface area contributed by atoms with Crippen molar-refractivity contribution in [1.82, 2.24) is 5.32 Å². The lowest BCUT2D eigenvalue weighted by molar-refractivity contribution is 0.0944. The van der Waals surface area contributed by atoms with Crippen molar-refractivity contribution in [2.75, 3.05) is 18.5 Å². The third-order valence-electron chi connectivity index (χ3n) is 4.82. The van der Waals surface area contributed by atoms with Crippen LogP contribution in [0.1, 0.15) is 37.4 Å². The second-order valence-corrected chi connectivity index (χ2v) is 7.52. The third kappa shape index (κ3) is 5.29. The second kappa shape index (κ2) is 9.73. The minimum atomic E-state index is -0.372. The maximum absolute atomic E-state index is 13.3. The largest absolute Gasteiger partial charge is 0.395 e. The number of ketones is 1. The summed E-state index contributed by atoms with van der Waals surface area (Å²) in [7, 11) is 0. The minimum Gasteiger partial charge on any atom is -0.395 e. The first-order valence-electron chi connectivity index (χ1n) is 9.67. The Morgan fingerprint density at radius 1 is 0.968 bits per heavy atom. The van der Waals surface area contributed by atoms with Gasteiger partial charge in [0, 0.05) is 34.6 Å². The molecule has 0 aromatic heterocycles.